The van der Waals surface area contributed by atoms with Gasteiger partial charge in [-0.25, -0.2) is 9.59 Å². The van der Waals surface area contributed by atoms with Gasteiger partial charge in [0.15, 0.2) is 0 Å². The van der Waals surface area contributed by atoms with Crippen LogP contribution in [0.1, 0.15) is 64.2 Å². The van der Waals surface area contributed by atoms with Crippen LogP contribution in [0.4, 0.5) is 0 Å². The molecule has 2 aromatic carbocycles. The number of H-pyrrole nitrogens is 2. The number of benzene rings is 2. The van der Waals surface area contributed by atoms with Gasteiger partial charge in [-0.15, -0.1) is 0 Å². The molecule has 8 rings (SSSR count). The van der Waals surface area contributed by atoms with Gasteiger partial charge in [-0.1, -0.05) is 0 Å². The molecule has 4 heterocycles. The molecule has 4 aromatic heterocycles. The van der Waals surface area contributed by atoms with Crippen LogP contribution < -0.4 is 18.4 Å². The Hall–Kier alpha value is -4.80. The van der Waals surface area contributed by atoms with Crippen LogP contribution in [0.15, 0.2) is 73.3 Å². The van der Waals surface area contributed by atoms with Crippen molar-refractivity contribution in [1.82, 2.24) is 39.9 Å². The van der Waals surface area contributed by atoms with Gasteiger partial charge in [-0.3, -0.25) is 0 Å². The molecule has 0 radical (unpaired) electrons. The molecule has 2 atom stereocenters. The van der Waals surface area contributed by atoms with Crippen LogP contribution in [0.2, 0.25) is 9.41 Å². The second-order valence-corrected chi connectivity index (χ2v) is 18.9. The molecule has 14 nitrogen and oxygen atoms in total. The Morgan fingerprint density at radius 2 is 0.962 bits per heavy atom. The van der Waals surface area contributed by atoms with E-state index in [-0.39, 0.29) is 31.5 Å². The Balaban J connectivity index is 0.000000155. The molecular weight excluding hydrogens is 790 g/mol. The fraction of sp³-hybridized carbons (Fsp3) is 0.333. The van der Waals surface area contributed by atoms with Crippen LogP contribution in [-0.2, 0) is 9.59 Å². The predicted octanol–water partition coefficient (Wildman–Crippen LogP) is 5.07. The molecule has 16 heteroatoms. The van der Waals surface area contributed by atoms with E-state index in [1.165, 1.54) is 64.2 Å². The van der Waals surface area contributed by atoms with Crippen molar-refractivity contribution in [2.45, 2.75) is 73.6 Å². The van der Waals surface area contributed by atoms with E-state index >= 15 is 0 Å². The number of carboxylic acids is 2. The summed E-state index contributed by atoms with van der Waals surface area (Å²) in [6.07, 6.45) is 17.0. The fourth-order valence-corrected chi connectivity index (χ4v) is 12.6. The van der Waals surface area contributed by atoms with Gasteiger partial charge in [-0.2, -0.15) is 0 Å². The third-order valence-corrected chi connectivity index (χ3v) is 15.3. The molecule has 2 saturated carbocycles. The Morgan fingerprint density at radius 3 is 1.33 bits per heavy atom. The Labute approximate surface area is 313 Å². The average Bonchev–Trinajstić information content (AvgIpc) is 3.85. The van der Waals surface area contributed by atoms with Crippen LogP contribution in [-0.4, -0.2) is 93.5 Å². The number of fused-ring (bicyclic) bond motifs is 2. The third-order valence-electron chi connectivity index (χ3n) is 8.51. The zero-order chi connectivity index (χ0) is 36.1. The number of ether oxygens (including phenoxy) is 2. The molecule has 4 N–H and O–H groups in total. The predicted molar refractivity (Wildman–Crippen MR) is 199 cm³/mol. The van der Waals surface area contributed by atoms with E-state index in [2.05, 4.69) is 29.9 Å². The minimum absolute atomic E-state index is 0.320. The van der Waals surface area contributed by atoms with Gasteiger partial charge in [0.05, 0.1) is 0 Å². The van der Waals surface area contributed by atoms with Gasteiger partial charge in [0.25, 0.3) is 0 Å². The van der Waals surface area contributed by atoms with Crippen molar-refractivity contribution in [1.29, 1.82) is 0 Å². The third kappa shape index (κ3) is 10.6. The number of aromatic amines is 2. The van der Waals surface area contributed by atoms with Crippen molar-refractivity contribution >= 4 is 74.7 Å². The number of carbonyl (C=O) groups is 2. The molecule has 2 unspecified atom stereocenters. The van der Waals surface area contributed by atoms with Crippen molar-refractivity contribution in [3.63, 3.8) is 0 Å². The number of hydrogen-bond donors (Lipinski definition) is 4. The second-order valence-electron chi connectivity index (χ2n) is 12.3. The maximum absolute atomic E-state index is 9.10. The van der Waals surface area contributed by atoms with Crippen molar-refractivity contribution in [2.24, 2.45) is 0 Å². The van der Waals surface area contributed by atoms with Gasteiger partial charge in [-0.05, 0) is 0 Å². The van der Waals surface area contributed by atoms with Crippen molar-refractivity contribution < 1.29 is 29.3 Å². The summed E-state index contributed by atoms with van der Waals surface area (Å²) in [5.41, 5.74) is 3.41. The summed E-state index contributed by atoms with van der Waals surface area (Å²) in [4.78, 5) is 51.5. The summed E-state index contributed by atoms with van der Waals surface area (Å²) >= 11 is -0.640. The van der Waals surface area contributed by atoms with Gasteiger partial charge >= 0.3 is 295 Å². The topological polar surface area (TPSA) is 202 Å². The molecule has 2 aliphatic rings. The molecule has 0 bridgehead atoms. The molecule has 0 saturated heterocycles. The SMILES string of the molecule is O=C(O)C(=O)O.c1ccc(Oc2nc([AsH]C3CCCCC3)c3[nH]cnc3n2)cc1.c1ccc(Oc2nc([AsH]C3CCCCC3)c3[nH]cnc3n2)cc1. The first kappa shape index (κ1) is 37.0. The standard InChI is InChI=1S/2C17H19AsN4O.C2H2O4/c2*1-3-7-12(8-4-1)18-15-14-16(20-11-19-14)22-17(21-15)23-13-9-5-2-6-10-13;3-1(4)2(5)6/h2*2,5-6,9-12,18H,1,3-4,7-8H2,(H,19,20,21,22);(H,3,4)(H,5,6). The first-order valence-corrected chi connectivity index (χ1v) is 21.8. The van der Waals surface area contributed by atoms with Gasteiger partial charge in [0.2, 0.25) is 0 Å². The number of hydrogen-bond acceptors (Lipinski definition) is 10. The van der Waals surface area contributed by atoms with E-state index < -0.39 is 11.9 Å². The first-order valence-electron chi connectivity index (χ1n) is 17.3. The number of para-hydroxylation sites is 2. The summed E-state index contributed by atoms with van der Waals surface area (Å²) in [5, 5.41) is 14.8. The van der Waals surface area contributed by atoms with Crippen LogP contribution in [0.3, 0.4) is 0 Å². The van der Waals surface area contributed by atoms with Crippen LogP contribution >= 0.6 is 0 Å². The van der Waals surface area contributed by atoms with Crippen molar-refractivity contribution in [3.05, 3.63) is 73.3 Å². The normalized spacial score (nSPS) is 15.3. The number of nitrogens with one attached hydrogen (secondary N) is 2. The van der Waals surface area contributed by atoms with Crippen molar-refractivity contribution in [3.8, 4) is 23.5 Å². The number of imidazole rings is 2. The number of aliphatic carboxylic acids is 2. The van der Waals surface area contributed by atoms with E-state index in [1.807, 2.05) is 60.7 Å². The summed E-state index contributed by atoms with van der Waals surface area (Å²) in [7, 11) is 0. The van der Waals surface area contributed by atoms with E-state index in [0.29, 0.717) is 23.3 Å². The van der Waals surface area contributed by atoms with Crippen molar-refractivity contribution in [2.75, 3.05) is 0 Å². The van der Waals surface area contributed by atoms with Crippen LogP contribution in [0.5, 0.6) is 23.5 Å². The number of rotatable bonds is 8. The maximum atomic E-state index is 9.10. The molecule has 0 aliphatic heterocycles. The zero-order valence-corrected chi connectivity index (χ0v) is 32.6. The molecular formula is C36H40As2N8O6. The van der Waals surface area contributed by atoms with Gasteiger partial charge in [0, 0.05) is 0 Å². The summed E-state index contributed by atoms with van der Waals surface area (Å²) in [6.45, 7) is 0. The summed E-state index contributed by atoms with van der Waals surface area (Å²) in [6, 6.07) is 20.2. The second kappa shape index (κ2) is 18.6. The zero-order valence-electron chi connectivity index (χ0n) is 28.4. The van der Waals surface area contributed by atoms with Crippen LogP contribution in [0.25, 0.3) is 22.3 Å². The fourth-order valence-electron chi connectivity index (χ4n) is 6.00. The first-order chi connectivity index (χ1) is 25.4. The van der Waals surface area contributed by atoms with Crippen LogP contribution in [0, 0.1) is 0 Å². The molecule has 2 fully saturated rings. The summed E-state index contributed by atoms with van der Waals surface area (Å²) < 4.78 is 15.6. The van der Waals surface area contributed by atoms with E-state index in [9.17, 15) is 0 Å². The molecule has 0 spiro atoms. The quantitative estimate of drug-likeness (QED) is 0.117. The molecule has 270 valence electrons. The van der Waals surface area contributed by atoms with E-state index in [4.69, 9.17) is 39.2 Å². The molecule has 52 heavy (non-hydrogen) atoms. The van der Waals surface area contributed by atoms with E-state index in [1.54, 1.807) is 12.7 Å². The Morgan fingerprint density at radius 1 is 0.577 bits per heavy atom. The molecule has 2 aliphatic carbocycles. The minimum atomic E-state index is -1.82. The number of aromatic nitrogens is 8. The summed E-state index contributed by atoms with van der Waals surface area (Å²) in [5.74, 6) is -2.14. The van der Waals surface area contributed by atoms with E-state index in [0.717, 1.165) is 40.9 Å². The number of nitrogens with zero attached hydrogens (tertiary/aromatic N) is 6. The monoisotopic (exact) mass is 830 g/mol. The molecule has 0 amide bonds. The Kier molecular flexibility index (Phi) is 13.2. The van der Waals surface area contributed by atoms with Gasteiger partial charge < -0.3 is 10.2 Å². The number of carboxylic acid groups (broad SMARTS) is 2. The van der Waals surface area contributed by atoms with Gasteiger partial charge in [0.1, 0.15) is 0 Å². The average molecular weight is 831 g/mol. The molecule has 6 aromatic rings. The Bertz CT molecular complexity index is 1900.